The van der Waals surface area contributed by atoms with Crippen molar-refractivity contribution in [1.29, 1.82) is 0 Å². The number of fused-ring (bicyclic) bond motifs is 1. The predicted octanol–water partition coefficient (Wildman–Crippen LogP) is 1.92. The molecule has 1 amide bonds. The highest BCUT2D eigenvalue weighted by molar-refractivity contribution is 5.92. The summed E-state index contributed by atoms with van der Waals surface area (Å²) in [4.78, 5) is 12.0. The molecule has 0 spiro atoms. The maximum atomic E-state index is 12.0. The van der Waals surface area contributed by atoms with E-state index in [0.29, 0.717) is 12.1 Å². The van der Waals surface area contributed by atoms with Crippen LogP contribution in [0.1, 0.15) is 23.2 Å². The molecular weight excluding hydrogens is 268 g/mol. The van der Waals surface area contributed by atoms with Gasteiger partial charge in [0.15, 0.2) is 5.69 Å². The third-order valence-electron chi connectivity index (χ3n) is 3.20. The first-order valence-corrected chi connectivity index (χ1v) is 6.76. The molecule has 0 aliphatic heterocycles. The van der Waals surface area contributed by atoms with Crippen molar-refractivity contribution in [3.8, 4) is 0 Å². The summed E-state index contributed by atoms with van der Waals surface area (Å²) in [5.41, 5.74) is 1.17. The highest BCUT2D eigenvalue weighted by atomic mass is 16.3. The zero-order valence-corrected chi connectivity index (χ0v) is 11.9. The van der Waals surface area contributed by atoms with Gasteiger partial charge in [-0.2, -0.15) is 0 Å². The summed E-state index contributed by atoms with van der Waals surface area (Å²) in [7, 11) is 1.72. The van der Waals surface area contributed by atoms with Crippen LogP contribution in [-0.2, 0) is 13.5 Å². The van der Waals surface area contributed by atoms with Gasteiger partial charge < -0.3 is 9.73 Å². The Bertz CT molecular complexity index is 742. The fraction of sp³-hybridized carbons (Fsp3) is 0.267. The fourth-order valence-electron chi connectivity index (χ4n) is 2.24. The van der Waals surface area contributed by atoms with E-state index in [1.165, 1.54) is 4.68 Å². The van der Waals surface area contributed by atoms with Crippen molar-refractivity contribution in [3.63, 3.8) is 0 Å². The minimum Gasteiger partial charge on any atom is -0.461 e. The Balaban J connectivity index is 1.65. The van der Waals surface area contributed by atoms with Crippen LogP contribution in [0.4, 0.5) is 0 Å². The van der Waals surface area contributed by atoms with Crippen LogP contribution < -0.4 is 5.32 Å². The first-order chi connectivity index (χ1) is 10.1. The lowest BCUT2D eigenvalue weighted by molar-refractivity contribution is 0.0934. The highest BCUT2D eigenvalue weighted by Gasteiger charge is 2.14. The highest BCUT2D eigenvalue weighted by Crippen LogP contribution is 2.19. The molecule has 21 heavy (non-hydrogen) atoms. The lowest BCUT2D eigenvalue weighted by Crippen LogP contribution is -2.34. The normalized spacial score (nSPS) is 12.5. The number of nitrogens with one attached hydrogen (secondary N) is 1. The molecule has 1 atom stereocenters. The van der Waals surface area contributed by atoms with Crippen molar-refractivity contribution in [3.05, 3.63) is 48.0 Å². The van der Waals surface area contributed by atoms with Gasteiger partial charge in [-0.15, -0.1) is 5.10 Å². The molecule has 0 fully saturated rings. The Labute approximate surface area is 121 Å². The zero-order chi connectivity index (χ0) is 14.8. The number of hydrogen-bond acceptors (Lipinski definition) is 4. The van der Waals surface area contributed by atoms with Crippen LogP contribution in [0.3, 0.4) is 0 Å². The lowest BCUT2D eigenvalue weighted by atomic mass is 10.1. The maximum Gasteiger partial charge on any atom is 0.273 e. The summed E-state index contributed by atoms with van der Waals surface area (Å²) in [5.74, 6) is 0.620. The molecule has 1 aromatic carbocycles. The van der Waals surface area contributed by atoms with E-state index in [1.54, 1.807) is 13.2 Å². The molecule has 108 valence electrons. The molecule has 0 radical (unpaired) electrons. The Hall–Kier alpha value is -2.63. The van der Waals surface area contributed by atoms with Gasteiger partial charge in [-0.1, -0.05) is 23.4 Å². The standard InChI is InChI=1S/C15H16N4O2/c1-10(16-15(20)13-9-19(2)18-17-13)7-12-8-11-5-3-4-6-14(11)21-12/h3-6,8-10H,7H2,1-2H3,(H,16,20). The summed E-state index contributed by atoms with van der Waals surface area (Å²) in [6.45, 7) is 1.93. The van der Waals surface area contributed by atoms with E-state index in [4.69, 9.17) is 4.42 Å². The summed E-state index contributed by atoms with van der Waals surface area (Å²) in [5, 5.41) is 11.5. The number of benzene rings is 1. The topological polar surface area (TPSA) is 73.0 Å². The fourth-order valence-corrected chi connectivity index (χ4v) is 2.24. The number of hydrogen-bond donors (Lipinski definition) is 1. The summed E-state index contributed by atoms with van der Waals surface area (Å²) >= 11 is 0. The van der Waals surface area contributed by atoms with Gasteiger partial charge in [-0.3, -0.25) is 9.48 Å². The molecule has 1 N–H and O–H groups in total. The largest absolute Gasteiger partial charge is 0.461 e. The number of carbonyl (C=O) groups is 1. The van der Waals surface area contributed by atoms with E-state index in [9.17, 15) is 4.79 Å². The molecule has 0 bridgehead atoms. The number of para-hydroxylation sites is 1. The number of rotatable bonds is 4. The molecule has 3 rings (SSSR count). The minimum atomic E-state index is -0.230. The van der Waals surface area contributed by atoms with Crippen molar-refractivity contribution in [1.82, 2.24) is 20.3 Å². The van der Waals surface area contributed by atoms with Crippen molar-refractivity contribution >= 4 is 16.9 Å². The Morgan fingerprint density at radius 3 is 2.95 bits per heavy atom. The first-order valence-electron chi connectivity index (χ1n) is 6.76. The van der Waals surface area contributed by atoms with Crippen LogP contribution in [0, 0.1) is 0 Å². The van der Waals surface area contributed by atoms with E-state index in [0.717, 1.165) is 16.7 Å². The van der Waals surface area contributed by atoms with Gasteiger partial charge in [-0.05, 0) is 19.1 Å². The van der Waals surface area contributed by atoms with Gasteiger partial charge in [-0.25, -0.2) is 0 Å². The monoisotopic (exact) mass is 284 g/mol. The van der Waals surface area contributed by atoms with Crippen molar-refractivity contribution < 1.29 is 9.21 Å². The molecule has 1 unspecified atom stereocenters. The summed E-state index contributed by atoms with van der Waals surface area (Å²) in [6.07, 6.45) is 2.21. The van der Waals surface area contributed by atoms with Crippen molar-refractivity contribution in [2.75, 3.05) is 0 Å². The van der Waals surface area contributed by atoms with Crippen LogP contribution >= 0.6 is 0 Å². The lowest BCUT2D eigenvalue weighted by Gasteiger charge is -2.10. The van der Waals surface area contributed by atoms with Crippen molar-refractivity contribution in [2.45, 2.75) is 19.4 Å². The molecule has 0 saturated heterocycles. The Kier molecular flexibility index (Phi) is 3.43. The van der Waals surface area contributed by atoms with E-state index >= 15 is 0 Å². The number of aryl methyl sites for hydroxylation is 1. The summed E-state index contributed by atoms with van der Waals surface area (Å²) < 4.78 is 7.25. The Morgan fingerprint density at radius 2 is 2.24 bits per heavy atom. The number of amides is 1. The third-order valence-corrected chi connectivity index (χ3v) is 3.20. The molecule has 0 saturated carbocycles. The molecule has 6 nitrogen and oxygen atoms in total. The van der Waals surface area contributed by atoms with Gasteiger partial charge in [0.1, 0.15) is 11.3 Å². The quantitative estimate of drug-likeness (QED) is 0.794. The molecule has 2 heterocycles. The average molecular weight is 284 g/mol. The molecule has 0 aliphatic carbocycles. The van der Waals surface area contributed by atoms with E-state index in [2.05, 4.69) is 15.6 Å². The van der Waals surface area contributed by atoms with E-state index in [-0.39, 0.29) is 11.9 Å². The molecule has 6 heteroatoms. The van der Waals surface area contributed by atoms with Gasteiger partial charge in [0, 0.05) is 24.9 Å². The SMILES string of the molecule is CC(Cc1cc2ccccc2o1)NC(=O)c1cn(C)nn1. The first kappa shape index (κ1) is 13.4. The van der Waals surface area contributed by atoms with E-state index in [1.807, 2.05) is 37.3 Å². The smallest absolute Gasteiger partial charge is 0.273 e. The predicted molar refractivity (Wildman–Crippen MR) is 77.8 cm³/mol. The van der Waals surface area contributed by atoms with Crippen LogP contribution in [0.25, 0.3) is 11.0 Å². The van der Waals surface area contributed by atoms with Gasteiger partial charge in [0.25, 0.3) is 5.91 Å². The average Bonchev–Trinajstić information content (AvgIpc) is 3.03. The maximum absolute atomic E-state index is 12.0. The molecular formula is C15H16N4O2. The Morgan fingerprint density at radius 1 is 1.43 bits per heavy atom. The number of nitrogens with zero attached hydrogens (tertiary/aromatic N) is 3. The van der Waals surface area contributed by atoms with E-state index < -0.39 is 0 Å². The van der Waals surface area contributed by atoms with Crippen molar-refractivity contribution in [2.24, 2.45) is 7.05 Å². The third kappa shape index (κ3) is 2.94. The van der Waals surface area contributed by atoms with Crippen LogP contribution in [-0.4, -0.2) is 26.9 Å². The summed E-state index contributed by atoms with van der Waals surface area (Å²) in [6, 6.07) is 9.79. The second-order valence-electron chi connectivity index (χ2n) is 5.11. The van der Waals surface area contributed by atoms with Gasteiger partial charge in [0.2, 0.25) is 0 Å². The second kappa shape index (κ2) is 5.40. The molecule has 0 aliphatic rings. The number of aromatic nitrogens is 3. The second-order valence-corrected chi connectivity index (χ2v) is 5.11. The molecule has 2 aromatic heterocycles. The zero-order valence-electron chi connectivity index (χ0n) is 11.9. The minimum absolute atomic E-state index is 0.0555. The molecule has 3 aromatic rings. The van der Waals surface area contributed by atoms with Gasteiger partial charge >= 0.3 is 0 Å². The van der Waals surface area contributed by atoms with Crippen LogP contribution in [0.5, 0.6) is 0 Å². The van der Waals surface area contributed by atoms with Crippen LogP contribution in [0.15, 0.2) is 40.9 Å². The number of furan rings is 1. The van der Waals surface area contributed by atoms with Crippen LogP contribution in [0.2, 0.25) is 0 Å². The number of carbonyl (C=O) groups excluding carboxylic acids is 1. The van der Waals surface area contributed by atoms with Gasteiger partial charge in [0.05, 0.1) is 6.20 Å².